The number of phenolic OH excluding ortho intramolecular Hbond substituents is 1. The minimum Gasteiger partial charge on any atom is -0.507 e. The third-order valence-corrected chi connectivity index (χ3v) is 5.45. The lowest BCUT2D eigenvalue weighted by atomic mass is 9.95. The Morgan fingerprint density at radius 1 is 1.06 bits per heavy atom. The molecule has 1 aromatic heterocycles. The van der Waals surface area contributed by atoms with Crippen LogP contribution in [0.2, 0.25) is 0 Å². The van der Waals surface area contributed by atoms with Gasteiger partial charge in [0.1, 0.15) is 24.4 Å². The summed E-state index contributed by atoms with van der Waals surface area (Å²) in [4.78, 5) is 16.0. The van der Waals surface area contributed by atoms with Crippen molar-refractivity contribution >= 4 is 5.97 Å². The Balaban J connectivity index is 1.42. The fourth-order valence-electron chi connectivity index (χ4n) is 3.63. The van der Waals surface area contributed by atoms with Crippen molar-refractivity contribution in [3.05, 3.63) is 102 Å². The second kappa shape index (κ2) is 10.0. The number of rotatable bonds is 8. The molecule has 0 spiro atoms. The summed E-state index contributed by atoms with van der Waals surface area (Å²) in [5.74, 6) is 0.783. The van der Waals surface area contributed by atoms with Crippen LogP contribution in [-0.4, -0.2) is 23.2 Å². The predicted octanol–water partition coefficient (Wildman–Crippen LogP) is 5.63. The molecule has 0 fully saturated rings. The van der Waals surface area contributed by atoms with E-state index >= 15 is 0 Å². The molecule has 0 radical (unpaired) electrons. The van der Waals surface area contributed by atoms with Crippen molar-refractivity contribution in [2.75, 3.05) is 7.11 Å². The van der Waals surface area contributed by atoms with Gasteiger partial charge in [-0.15, -0.1) is 0 Å². The number of ether oxygens (including phenoxy) is 2. The second-order valence-corrected chi connectivity index (χ2v) is 7.78. The van der Waals surface area contributed by atoms with Gasteiger partial charge in [-0.05, 0) is 47.9 Å². The monoisotopic (exact) mass is 443 g/mol. The third kappa shape index (κ3) is 5.41. The van der Waals surface area contributed by atoms with Crippen molar-refractivity contribution in [3.63, 3.8) is 0 Å². The van der Waals surface area contributed by atoms with Gasteiger partial charge >= 0.3 is 5.97 Å². The summed E-state index contributed by atoms with van der Waals surface area (Å²) in [6.45, 7) is 2.41. The molecule has 0 aliphatic carbocycles. The quantitative estimate of drug-likeness (QED) is 0.356. The van der Waals surface area contributed by atoms with Gasteiger partial charge in [-0.25, -0.2) is 4.98 Å². The van der Waals surface area contributed by atoms with E-state index in [0.29, 0.717) is 18.2 Å². The average Bonchev–Trinajstić information content (AvgIpc) is 3.38. The van der Waals surface area contributed by atoms with Crippen molar-refractivity contribution in [1.29, 1.82) is 0 Å². The van der Waals surface area contributed by atoms with Gasteiger partial charge in [0.25, 0.3) is 0 Å². The number of carbonyl (C=O) groups is 1. The molecule has 168 valence electrons. The number of hydrogen-bond donors (Lipinski definition) is 1. The summed E-state index contributed by atoms with van der Waals surface area (Å²) in [6, 6.07) is 21.0. The van der Waals surface area contributed by atoms with E-state index in [1.54, 1.807) is 12.3 Å². The number of carbonyl (C=O) groups excluding carboxylic acids is 1. The summed E-state index contributed by atoms with van der Waals surface area (Å²) < 4.78 is 16.2. The number of esters is 1. The molecule has 4 rings (SSSR count). The van der Waals surface area contributed by atoms with Crippen molar-refractivity contribution in [2.45, 2.75) is 25.9 Å². The van der Waals surface area contributed by atoms with Gasteiger partial charge in [0, 0.05) is 5.56 Å². The van der Waals surface area contributed by atoms with Crippen LogP contribution in [0.3, 0.4) is 0 Å². The van der Waals surface area contributed by atoms with Crippen LogP contribution in [-0.2, 0) is 16.1 Å². The Morgan fingerprint density at radius 3 is 2.48 bits per heavy atom. The molecule has 1 N–H and O–H groups in total. The molecule has 0 saturated heterocycles. The second-order valence-electron chi connectivity index (χ2n) is 7.78. The molecule has 1 heterocycles. The highest BCUT2D eigenvalue weighted by Gasteiger charge is 2.22. The number of benzene rings is 3. The smallest absolute Gasteiger partial charge is 0.306 e. The van der Waals surface area contributed by atoms with E-state index in [1.165, 1.54) is 13.4 Å². The Labute approximate surface area is 192 Å². The first kappa shape index (κ1) is 22.1. The molecule has 6 nitrogen and oxygen atoms in total. The SMILES string of the molecule is COC(=O)CC(c1ccc(OCc2ccc(-c3cc(C)ccc3O)cc2)cc1)c1ncco1. The van der Waals surface area contributed by atoms with Crippen LogP contribution in [0.15, 0.2) is 83.6 Å². The maximum Gasteiger partial charge on any atom is 0.306 e. The lowest BCUT2D eigenvalue weighted by Crippen LogP contribution is -2.10. The van der Waals surface area contributed by atoms with Gasteiger partial charge in [0.2, 0.25) is 5.89 Å². The Bertz CT molecular complexity index is 1200. The number of hydrogen-bond acceptors (Lipinski definition) is 6. The standard InChI is InChI=1S/C27H25NO5/c1-18-3-12-25(29)23(15-18)20-6-4-19(5-7-20)17-33-22-10-8-21(9-11-22)24(16-26(30)31-2)27-28-13-14-32-27/h3-15,24,29H,16-17H2,1-2H3. The van der Waals surface area contributed by atoms with Crippen LogP contribution in [0.5, 0.6) is 11.5 Å². The highest BCUT2D eigenvalue weighted by Crippen LogP contribution is 2.31. The Hall–Kier alpha value is -4.06. The summed E-state index contributed by atoms with van der Waals surface area (Å²) in [5.41, 5.74) is 4.75. The fourth-order valence-corrected chi connectivity index (χ4v) is 3.63. The Kier molecular flexibility index (Phi) is 6.74. The molecular weight excluding hydrogens is 418 g/mol. The van der Waals surface area contributed by atoms with Gasteiger partial charge in [-0.3, -0.25) is 4.79 Å². The van der Waals surface area contributed by atoms with Gasteiger partial charge in [0.15, 0.2) is 0 Å². The van der Waals surface area contributed by atoms with E-state index in [2.05, 4.69) is 4.98 Å². The average molecular weight is 443 g/mol. The number of phenols is 1. The molecule has 3 aromatic carbocycles. The van der Waals surface area contributed by atoms with Crippen LogP contribution >= 0.6 is 0 Å². The normalized spacial score (nSPS) is 11.7. The number of oxazole rings is 1. The van der Waals surface area contributed by atoms with E-state index in [9.17, 15) is 9.90 Å². The van der Waals surface area contributed by atoms with Crippen LogP contribution in [0.1, 0.15) is 34.9 Å². The lowest BCUT2D eigenvalue weighted by Gasteiger charge is -2.14. The van der Waals surface area contributed by atoms with Crippen LogP contribution in [0.4, 0.5) is 0 Å². The van der Waals surface area contributed by atoms with E-state index in [4.69, 9.17) is 13.9 Å². The van der Waals surface area contributed by atoms with Gasteiger partial charge < -0.3 is 19.0 Å². The minimum absolute atomic E-state index is 0.139. The number of aromatic hydroxyl groups is 1. The highest BCUT2D eigenvalue weighted by atomic mass is 16.5. The molecular formula is C27H25NO5. The molecule has 0 bridgehead atoms. The molecule has 4 aromatic rings. The molecule has 0 aliphatic rings. The van der Waals surface area contributed by atoms with Crippen molar-refractivity contribution in [2.24, 2.45) is 0 Å². The summed E-state index contributed by atoms with van der Waals surface area (Å²) in [7, 11) is 1.36. The third-order valence-electron chi connectivity index (χ3n) is 5.45. The molecule has 1 unspecified atom stereocenters. The molecule has 0 amide bonds. The zero-order chi connectivity index (χ0) is 23.2. The first-order chi connectivity index (χ1) is 16.0. The Morgan fingerprint density at radius 2 is 1.82 bits per heavy atom. The van der Waals surface area contributed by atoms with Crippen molar-refractivity contribution in [3.8, 4) is 22.6 Å². The maximum atomic E-state index is 11.8. The van der Waals surface area contributed by atoms with E-state index in [1.807, 2.05) is 67.6 Å². The largest absolute Gasteiger partial charge is 0.507 e. The molecule has 0 aliphatic heterocycles. The van der Waals surface area contributed by atoms with Crippen LogP contribution < -0.4 is 4.74 Å². The zero-order valence-corrected chi connectivity index (χ0v) is 18.5. The number of nitrogens with zero attached hydrogens (tertiary/aromatic N) is 1. The maximum absolute atomic E-state index is 11.8. The lowest BCUT2D eigenvalue weighted by molar-refractivity contribution is -0.141. The number of aromatic nitrogens is 1. The summed E-state index contributed by atoms with van der Waals surface area (Å²) in [5, 5.41) is 10.1. The first-order valence-electron chi connectivity index (χ1n) is 10.6. The predicted molar refractivity (Wildman–Crippen MR) is 124 cm³/mol. The molecule has 1 atom stereocenters. The van der Waals surface area contributed by atoms with Gasteiger partial charge in [-0.1, -0.05) is 48.0 Å². The number of aryl methyl sites for hydroxylation is 1. The van der Waals surface area contributed by atoms with Crippen LogP contribution in [0.25, 0.3) is 11.1 Å². The van der Waals surface area contributed by atoms with Gasteiger partial charge in [-0.2, -0.15) is 0 Å². The zero-order valence-electron chi connectivity index (χ0n) is 18.5. The summed E-state index contributed by atoms with van der Waals surface area (Å²) in [6.07, 6.45) is 3.19. The fraction of sp³-hybridized carbons (Fsp3) is 0.185. The van der Waals surface area contributed by atoms with E-state index in [-0.39, 0.29) is 24.1 Å². The molecule has 6 heteroatoms. The summed E-state index contributed by atoms with van der Waals surface area (Å²) >= 11 is 0. The van der Waals surface area contributed by atoms with Gasteiger partial charge in [0.05, 0.1) is 25.6 Å². The first-order valence-corrected chi connectivity index (χ1v) is 10.6. The van der Waals surface area contributed by atoms with Crippen molar-refractivity contribution in [1.82, 2.24) is 4.98 Å². The minimum atomic E-state index is -0.332. The van der Waals surface area contributed by atoms with E-state index < -0.39 is 0 Å². The molecule has 33 heavy (non-hydrogen) atoms. The highest BCUT2D eigenvalue weighted by molar-refractivity contribution is 5.71. The van der Waals surface area contributed by atoms with Crippen molar-refractivity contribution < 1.29 is 23.8 Å². The van der Waals surface area contributed by atoms with Crippen LogP contribution in [0, 0.1) is 6.92 Å². The molecule has 0 saturated carbocycles. The van der Waals surface area contributed by atoms with E-state index in [0.717, 1.165) is 27.8 Å². The number of methoxy groups -OCH3 is 1. The topological polar surface area (TPSA) is 81.8 Å².